The highest BCUT2D eigenvalue weighted by Crippen LogP contribution is 2.15. The first-order chi connectivity index (χ1) is 11.4. The van der Waals surface area contributed by atoms with Crippen LogP contribution in [0.3, 0.4) is 0 Å². The monoisotopic (exact) mass is 310 g/mol. The average molecular weight is 310 g/mol. The molecule has 1 N–H and O–H groups in total. The van der Waals surface area contributed by atoms with Crippen molar-refractivity contribution in [3.8, 4) is 5.75 Å². The predicted octanol–water partition coefficient (Wildman–Crippen LogP) is 3.15. The third-order valence-electron chi connectivity index (χ3n) is 3.86. The summed E-state index contributed by atoms with van der Waals surface area (Å²) in [6.45, 7) is 3.03. The van der Waals surface area contributed by atoms with Gasteiger partial charge >= 0.3 is 0 Å². The van der Waals surface area contributed by atoms with E-state index in [1.54, 1.807) is 7.11 Å². The van der Waals surface area contributed by atoms with E-state index in [2.05, 4.69) is 22.4 Å². The third-order valence-corrected chi connectivity index (χ3v) is 3.86. The molecule has 0 aromatic heterocycles. The molecule has 3 rings (SSSR count). The van der Waals surface area contributed by atoms with Gasteiger partial charge in [0.05, 0.1) is 20.3 Å². The number of hydrogen-bond donors (Lipinski definition) is 1. The number of ether oxygens (including phenoxy) is 2. The number of rotatable bonds is 6. The zero-order chi connectivity index (χ0) is 15.9. The molecule has 0 saturated carbocycles. The molecule has 4 heteroatoms. The first-order valence-electron chi connectivity index (χ1n) is 7.94. The van der Waals surface area contributed by atoms with Crippen LogP contribution in [-0.2, 0) is 18.0 Å². The summed E-state index contributed by atoms with van der Waals surface area (Å²) in [7, 11) is 1.67. The van der Waals surface area contributed by atoms with Gasteiger partial charge in [0.1, 0.15) is 11.6 Å². The Morgan fingerprint density at radius 3 is 2.61 bits per heavy atom. The van der Waals surface area contributed by atoms with Crippen LogP contribution in [0, 0.1) is 0 Å². The van der Waals surface area contributed by atoms with Crippen molar-refractivity contribution >= 4 is 5.84 Å². The lowest BCUT2D eigenvalue weighted by Gasteiger charge is -2.17. The topological polar surface area (TPSA) is 42.9 Å². The Bertz CT molecular complexity index is 665. The van der Waals surface area contributed by atoms with Crippen LogP contribution in [0.4, 0.5) is 0 Å². The molecular formula is C19H22N2O2. The van der Waals surface area contributed by atoms with Crippen LogP contribution in [0.5, 0.6) is 5.75 Å². The van der Waals surface area contributed by atoms with Crippen LogP contribution >= 0.6 is 0 Å². The maximum atomic E-state index is 5.89. The normalized spacial score (nSPS) is 14.0. The summed E-state index contributed by atoms with van der Waals surface area (Å²) in [5.41, 5.74) is 3.44. The minimum absolute atomic E-state index is 0.572. The van der Waals surface area contributed by atoms with Crippen molar-refractivity contribution < 1.29 is 9.47 Å². The highest BCUT2D eigenvalue weighted by atomic mass is 16.5. The SMILES string of the molecule is COc1ccc(COCc2ccccc2C2=NCCCN2)cc1. The second-order valence-electron chi connectivity index (χ2n) is 5.51. The van der Waals surface area contributed by atoms with Crippen molar-refractivity contribution in [1.82, 2.24) is 5.32 Å². The van der Waals surface area contributed by atoms with Crippen molar-refractivity contribution in [3.63, 3.8) is 0 Å². The van der Waals surface area contributed by atoms with Crippen molar-refractivity contribution in [2.24, 2.45) is 4.99 Å². The molecule has 120 valence electrons. The van der Waals surface area contributed by atoms with Crippen LogP contribution < -0.4 is 10.1 Å². The Morgan fingerprint density at radius 1 is 1.04 bits per heavy atom. The van der Waals surface area contributed by atoms with Crippen LogP contribution in [-0.4, -0.2) is 26.0 Å². The Labute approximate surface area is 137 Å². The molecule has 1 heterocycles. The van der Waals surface area contributed by atoms with E-state index in [9.17, 15) is 0 Å². The van der Waals surface area contributed by atoms with Gasteiger partial charge in [0.25, 0.3) is 0 Å². The van der Waals surface area contributed by atoms with Gasteiger partial charge in [-0.05, 0) is 29.7 Å². The number of hydrogen-bond acceptors (Lipinski definition) is 4. The molecule has 23 heavy (non-hydrogen) atoms. The number of benzene rings is 2. The van der Waals surface area contributed by atoms with Gasteiger partial charge < -0.3 is 14.8 Å². The largest absolute Gasteiger partial charge is 0.497 e. The molecule has 2 aromatic carbocycles. The van der Waals surface area contributed by atoms with Crippen LogP contribution in [0.25, 0.3) is 0 Å². The van der Waals surface area contributed by atoms with Crippen molar-refractivity contribution in [2.45, 2.75) is 19.6 Å². The minimum Gasteiger partial charge on any atom is -0.497 e. The summed E-state index contributed by atoms with van der Waals surface area (Å²) in [6.07, 6.45) is 1.10. The van der Waals surface area contributed by atoms with Gasteiger partial charge in [0.15, 0.2) is 0 Å². The molecule has 0 saturated heterocycles. The molecular weight excluding hydrogens is 288 g/mol. The summed E-state index contributed by atoms with van der Waals surface area (Å²) in [4.78, 5) is 4.58. The molecule has 1 aliphatic heterocycles. The molecule has 2 aromatic rings. The Kier molecular flexibility index (Phi) is 5.27. The zero-order valence-electron chi connectivity index (χ0n) is 13.4. The summed E-state index contributed by atoms with van der Waals surface area (Å²) >= 11 is 0. The molecule has 0 fully saturated rings. The van der Waals surface area contributed by atoms with Gasteiger partial charge in [-0.25, -0.2) is 0 Å². The van der Waals surface area contributed by atoms with Crippen molar-refractivity contribution in [3.05, 3.63) is 65.2 Å². The van der Waals surface area contributed by atoms with Crippen molar-refractivity contribution in [1.29, 1.82) is 0 Å². The van der Waals surface area contributed by atoms with Crippen LogP contribution in [0.1, 0.15) is 23.1 Å². The third kappa shape index (κ3) is 4.11. The number of nitrogens with one attached hydrogen (secondary N) is 1. The molecule has 0 amide bonds. The van der Waals surface area contributed by atoms with E-state index >= 15 is 0 Å². The number of amidine groups is 1. The lowest BCUT2D eigenvalue weighted by Crippen LogP contribution is -2.31. The van der Waals surface area contributed by atoms with Gasteiger partial charge in [-0.1, -0.05) is 36.4 Å². The van der Waals surface area contributed by atoms with Crippen LogP contribution in [0.2, 0.25) is 0 Å². The van der Waals surface area contributed by atoms with Gasteiger partial charge in [-0.15, -0.1) is 0 Å². The fourth-order valence-corrected chi connectivity index (χ4v) is 2.59. The van der Waals surface area contributed by atoms with E-state index in [1.165, 1.54) is 0 Å². The number of aliphatic imine (C=N–C) groups is 1. The highest BCUT2D eigenvalue weighted by molar-refractivity contribution is 6.00. The molecule has 1 aliphatic rings. The van der Waals surface area contributed by atoms with Gasteiger partial charge in [-0.2, -0.15) is 0 Å². The molecule has 0 spiro atoms. The molecule has 0 radical (unpaired) electrons. The van der Waals surface area contributed by atoms with E-state index in [1.807, 2.05) is 36.4 Å². The summed E-state index contributed by atoms with van der Waals surface area (Å²) in [5.74, 6) is 1.85. The fraction of sp³-hybridized carbons (Fsp3) is 0.316. The Balaban J connectivity index is 1.62. The molecule has 0 atom stereocenters. The highest BCUT2D eigenvalue weighted by Gasteiger charge is 2.11. The lowest BCUT2D eigenvalue weighted by atomic mass is 10.1. The molecule has 0 bridgehead atoms. The smallest absolute Gasteiger partial charge is 0.128 e. The van der Waals surface area contributed by atoms with Crippen molar-refractivity contribution in [2.75, 3.05) is 20.2 Å². The molecule has 0 aliphatic carbocycles. The quantitative estimate of drug-likeness (QED) is 0.891. The summed E-state index contributed by atoms with van der Waals surface area (Å²) in [6, 6.07) is 16.2. The van der Waals surface area contributed by atoms with Gasteiger partial charge in [0.2, 0.25) is 0 Å². The fourth-order valence-electron chi connectivity index (χ4n) is 2.59. The van der Waals surface area contributed by atoms with Gasteiger partial charge in [-0.3, -0.25) is 4.99 Å². The molecule has 0 unspecified atom stereocenters. The van der Waals surface area contributed by atoms with E-state index in [-0.39, 0.29) is 0 Å². The van der Waals surface area contributed by atoms with Gasteiger partial charge in [0, 0.05) is 18.7 Å². The van der Waals surface area contributed by atoms with E-state index in [0.29, 0.717) is 13.2 Å². The minimum atomic E-state index is 0.572. The average Bonchev–Trinajstić information content (AvgIpc) is 2.63. The first kappa shape index (κ1) is 15.6. The predicted molar refractivity (Wildman–Crippen MR) is 92.0 cm³/mol. The number of methoxy groups -OCH3 is 1. The standard InChI is InChI=1S/C19H22N2O2/c1-22-17-9-7-15(8-10-17)13-23-14-16-5-2-3-6-18(16)19-20-11-4-12-21-19/h2-3,5-10H,4,11-14H2,1H3,(H,20,21). The Morgan fingerprint density at radius 2 is 1.87 bits per heavy atom. The van der Waals surface area contributed by atoms with Crippen LogP contribution in [0.15, 0.2) is 53.5 Å². The lowest BCUT2D eigenvalue weighted by molar-refractivity contribution is 0.107. The summed E-state index contributed by atoms with van der Waals surface area (Å²) in [5, 5.41) is 3.38. The summed E-state index contributed by atoms with van der Waals surface area (Å²) < 4.78 is 11.1. The second-order valence-corrected chi connectivity index (χ2v) is 5.51. The Hall–Kier alpha value is -2.33. The first-order valence-corrected chi connectivity index (χ1v) is 7.94. The van der Waals surface area contributed by atoms with E-state index in [0.717, 1.165) is 47.8 Å². The maximum Gasteiger partial charge on any atom is 0.128 e. The van der Waals surface area contributed by atoms with E-state index < -0.39 is 0 Å². The second kappa shape index (κ2) is 7.79. The maximum absolute atomic E-state index is 5.89. The zero-order valence-corrected chi connectivity index (χ0v) is 13.4. The molecule has 4 nitrogen and oxygen atoms in total. The number of nitrogens with zero attached hydrogens (tertiary/aromatic N) is 1. The van der Waals surface area contributed by atoms with E-state index in [4.69, 9.17) is 9.47 Å².